The molecule has 0 spiro atoms. The zero-order valence-corrected chi connectivity index (χ0v) is 13.4. The van der Waals surface area contributed by atoms with Crippen molar-refractivity contribution < 1.29 is 14.0 Å². The average molecular weight is 335 g/mol. The van der Waals surface area contributed by atoms with Gasteiger partial charge in [0.25, 0.3) is 11.8 Å². The molecule has 1 aliphatic carbocycles. The number of nitrogens with zero attached hydrogens (tertiary/aromatic N) is 1. The van der Waals surface area contributed by atoms with E-state index in [9.17, 15) is 9.59 Å². The molecule has 25 heavy (non-hydrogen) atoms. The third-order valence-corrected chi connectivity index (χ3v) is 3.58. The van der Waals surface area contributed by atoms with Crippen molar-refractivity contribution in [2.75, 3.05) is 0 Å². The van der Waals surface area contributed by atoms with E-state index in [2.05, 4.69) is 15.8 Å². The van der Waals surface area contributed by atoms with Crippen LogP contribution >= 0.6 is 0 Å². The smallest absolute Gasteiger partial charge is 0.271 e. The molecule has 1 atom stereocenters. The van der Waals surface area contributed by atoms with Gasteiger partial charge in [-0.25, -0.2) is 5.43 Å². The van der Waals surface area contributed by atoms with Gasteiger partial charge in [-0.05, 0) is 36.8 Å². The lowest BCUT2D eigenvalue weighted by Gasteiger charge is -2.17. The number of hydrogen-bond donors (Lipinski definition) is 2. The van der Waals surface area contributed by atoms with Crippen LogP contribution in [0.1, 0.15) is 22.5 Å². The van der Waals surface area contributed by atoms with Crippen LogP contribution in [-0.2, 0) is 4.79 Å². The summed E-state index contributed by atoms with van der Waals surface area (Å²) >= 11 is 0. The summed E-state index contributed by atoms with van der Waals surface area (Å²) < 4.78 is 5.09. The summed E-state index contributed by atoms with van der Waals surface area (Å²) in [5.41, 5.74) is 3.46. The van der Waals surface area contributed by atoms with Crippen molar-refractivity contribution in [3.8, 4) is 0 Å². The fourth-order valence-electron chi connectivity index (χ4n) is 2.36. The van der Waals surface area contributed by atoms with E-state index in [4.69, 9.17) is 4.42 Å². The highest BCUT2D eigenvalue weighted by molar-refractivity contribution is 5.98. The van der Waals surface area contributed by atoms with E-state index in [0.717, 1.165) is 0 Å². The van der Waals surface area contributed by atoms with Crippen molar-refractivity contribution in [1.29, 1.82) is 0 Å². The first-order chi connectivity index (χ1) is 12.2. The zero-order valence-electron chi connectivity index (χ0n) is 13.4. The second-order valence-corrected chi connectivity index (χ2v) is 5.42. The fraction of sp³-hybridized carbons (Fsp3) is 0.105. The number of carbonyl (C=O) groups is 2. The third kappa shape index (κ3) is 4.54. The minimum Gasteiger partial charge on any atom is -0.463 e. The number of hydrogen-bond acceptors (Lipinski definition) is 4. The van der Waals surface area contributed by atoms with Gasteiger partial charge in [0.1, 0.15) is 5.76 Å². The third-order valence-electron chi connectivity index (χ3n) is 3.58. The number of benzene rings is 1. The van der Waals surface area contributed by atoms with E-state index in [1.165, 1.54) is 12.5 Å². The number of hydrazone groups is 1. The molecule has 3 rings (SSSR count). The molecule has 6 heteroatoms. The van der Waals surface area contributed by atoms with Gasteiger partial charge >= 0.3 is 0 Å². The minimum absolute atomic E-state index is 0.173. The van der Waals surface area contributed by atoms with E-state index in [1.54, 1.807) is 48.6 Å². The maximum Gasteiger partial charge on any atom is 0.271 e. The van der Waals surface area contributed by atoms with E-state index in [1.807, 2.05) is 12.1 Å². The molecule has 6 nitrogen and oxygen atoms in total. The molecule has 1 heterocycles. The largest absolute Gasteiger partial charge is 0.463 e. The van der Waals surface area contributed by atoms with E-state index in [0.29, 0.717) is 23.3 Å². The van der Waals surface area contributed by atoms with E-state index >= 15 is 0 Å². The Kier molecular flexibility index (Phi) is 5.21. The van der Waals surface area contributed by atoms with Crippen LogP contribution in [0.2, 0.25) is 0 Å². The topological polar surface area (TPSA) is 83.7 Å². The van der Waals surface area contributed by atoms with Crippen molar-refractivity contribution in [3.63, 3.8) is 0 Å². The molecule has 0 saturated carbocycles. The molecule has 1 aromatic heterocycles. The van der Waals surface area contributed by atoms with Gasteiger partial charge in [-0.15, -0.1) is 0 Å². The summed E-state index contributed by atoms with van der Waals surface area (Å²) in [6.07, 6.45) is 8.85. The second kappa shape index (κ2) is 7.92. The molecule has 2 amide bonds. The first-order valence-electron chi connectivity index (χ1n) is 7.83. The molecule has 2 N–H and O–H groups in total. The lowest BCUT2D eigenvalue weighted by Crippen LogP contribution is -2.35. The van der Waals surface area contributed by atoms with Gasteiger partial charge in [0.05, 0.1) is 18.5 Å². The van der Waals surface area contributed by atoms with Gasteiger partial charge in [0.15, 0.2) is 0 Å². The van der Waals surface area contributed by atoms with Gasteiger partial charge in [0, 0.05) is 11.1 Å². The van der Waals surface area contributed by atoms with Crippen molar-refractivity contribution in [2.45, 2.75) is 12.5 Å². The number of rotatable bonds is 5. The average Bonchev–Trinajstić information content (AvgIpc) is 3.16. The van der Waals surface area contributed by atoms with Crippen LogP contribution in [0.15, 0.2) is 82.0 Å². The van der Waals surface area contributed by atoms with Crippen molar-refractivity contribution in [3.05, 3.63) is 83.9 Å². The molecule has 1 unspecified atom stereocenters. The van der Waals surface area contributed by atoms with Gasteiger partial charge in [0.2, 0.25) is 0 Å². The molecular formula is C19H17N3O3. The van der Waals surface area contributed by atoms with E-state index in [-0.39, 0.29) is 17.9 Å². The number of carbonyl (C=O) groups excluding carboxylic acids is 2. The number of nitrogens with one attached hydrogen (secondary N) is 2. The first kappa shape index (κ1) is 16.4. The Morgan fingerprint density at radius 2 is 1.96 bits per heavy atom. The Bertz CT molecular complexity index is 821. The second-order valence-electron chi connectivity index (χ2n) is 5.42. The zero-order chi connectivity index (χ0) is 17.5. The summed E-state index contributed by atoms with van der Waals surface area (Å²) in [6.45, 7) is 0. The molecule has 126 valence electrons. The van der Waals surface area contributed by atoms with Gasteiger partial charge in [-0.2, -0.15) is 5.10 Å². The Morgan fingerprint density at radius 1 is 1.12 bits per heavy atom. The lowest BCUT2D eigenvalue weighted by atomic mass is 10.0. The van der Waals surface area contributed by atoms with Gasteiger partial charge < -0.3 is 9.73 Å². The van der Waals surface area contributed by atoms with Gasteiger partial charge in [-0.1, -0.05) is 30.4 Å². The maximum absolute atomic E-state index is 12.2. The summed E-state index contributed by atoms with van der Waals surface area (Å²) in [7, 11) is 0. The Hall–Kier alpha value is -3.41. The minimum atomic E-state index is -0.349. The lowest BCUT2D eigenvalue weighted by molar-refractivity contribution is -0.117. The normalized spacial score (nSPS) is 16.5. The van der Waals surface area contributed by atoms with E-state index < -0.39 is 0 Å². The van der Waals surface area contributed by atoms with Crippen molar-refractivity contribution in [2.24, 2.45) is 5.10 Å². The van der Waals surface area contributed by atoms with Crippen molar-refractivity contribution >= 4 is 18.0 Å². The molecule has 0 radical (unpaired) electrons. The Balaban J connectivity index is 1.59. The Morgan fingerprint density at radius 3 is 2.72 bits per heavy atom. The fourth-order valence-corrected chi connectivity index (χ4v) is 2.36. The predicted molar refractivity (Wildman–Crippen MR) is 94.0 cm³/mol. The summed E-state index contributed by atoms with van der Waals surface area (Å²) in [6, 6.07) is 12.2. The highest BCUT2D eigenvalue weighted by Crippen LogP contribution is 2.12. The number of furan rings is 1. The Labute approximate surface area is 144 Å². The molecule has 2 aromatic rings. The molecule has 0 fully saturated rings. The molecule has 0 bridgehead atoms. The van der Waals surface area contributed by atoms with Crippen LogP contribution in [0, 0.1) is 0 Å². The monoisotopic (exact) mass is 335 g/mol. The molecule has 0 saturated heterocycles. The van der Waals surface area contributed by atoms with Crippen LogP contribution in [0.25, 0.3) is 0 Å². The molecule has 0 aliphatic heterocycles. The highest BCUT2D eigenvalue weighted by Gasteiger charge is 2.16. The molecule has 1 aliphatic rings. The highest BCUT2D eigenvalue weighted by atomic mass is 16.3. The number of amides is 2. The van der Waals surface area contributed by atoms with Crippen LogP contribution in [0.5, 0.6) is 0 Å². The summed E-state index contributed by atoms with van der Waals surface area (Å²) in [5, 5.41) is 6.74. The SMILES string of the molecule is O=C(N/N=C/c1ccco1)C1=CC(NC(=O)c2ccccc2)CC=C1. The molecular weight excluding hydrogens is 318 g/mol. The maximum atomic E-state index is 12.2. The van der Waals surface area contributed by atoms with Crippen LogP contribution < -0.4 is 10.7 Å². The van der Waals surface area contributed by atoms with Crippen LogP contribution in [0.3, 0.4) is 0 Å². The van der Waals surface area contributed by atoms with Crippen molar-refractivity contribution in [1.82, 2.24) is 10.7 Å². The van der Waals surface area contributed by atoms with Crippen LogP contribution in [0.4, 0.5) is 0 Å². The van der Waals surface area contributed by atoms with Gasteiger partial charge in [-0.3, -0.25) is 9.59 Å². The quantitative estimate of drug-likeness (QED) is 0.650. The van der Waals surface area contributed by atoms with Crippen LogP contribution in [-0.4, -0.2) is 24.1 Å². The molecule has 1 aromatic carbocycles. The summed E-state index contributed by atoms with van der Waals surface area (Å²) in [4.78, 5) is 24.3. The predicted octanol–water partition coefficient (Wildman–Crippen LogP) is 2.41. The first-order valence-corrected chi connectivity index (χ1v) is 7.83. The summed E-state index contributed by atoms with van der Waals surface area (Å²) in [5.74, 6) is 0.0203. The standard InChI is InChI=1S/C19H17N3O3/c23-18(14-6-2-1-3-7-14)21-16-9-4-8-15(12-16)19(24)22-20-13-17-10-5-11-25-17/h1-8,10-13,16H,9H2,(H,21,23)(H,22,24)/b20-13+.